The minimum Gasteiger partial charge on any atom is -0.487 e. The number of aromatic nitrogens is 2. The van der Waals surface area contributed by atoms with E-state index in [-0.39, 0.29) is 5.56 Å². The zero-order chi connectivity index (χ0) is 16.1. The molecule has 5 nitrogen and oxygen atoms in total. The number of fused-ring (bicyclic) bond motifs is 1. The second kappa shape index (κ2) is 7.07. The van der Waals surface area contributed by atoms with E-state index >= 15 is 0 Å². The molecule has 3 rings (SSSR count). The maximum Gasteiger partial charge on any atom is 0.258 e. The predicted octanol–water partition coefficient (Wildman–Crippen LogP) is 2.62. The molecule has 0 amide bonds. The van der Waals surface area contributed by atoms with Gasteiger partial charge in [0.25, 0.3) is 5.56 Å². The van der Waals surface area contributed by atoms with Crippen LogP contribution in [0.2, 0.25) is 0 Å². The summed E-state index contributed by atoms with van der Waals surface area (Å²) in [5.41, 5.74) is 0.806. The topological polar surface area (TPSA) is 53.4 Å². The maximum atomic E-state index is 12.5. The quantitative estimate of drug-likeness (QED) is 0.702. The Morgan fingerprint density at radius 1 is 1.09 bits per heavy atom. The highest BCUT2D eigenvalue weighted by atomic mass is 16.5. The van der Waals surface area contributed by atoms with E-state index in [1.165, 1.54) is 0 Å². The van der Waals surface area contributed by atoms with Crippen LogP contribution < -0.4 is 10.3 Å². The Labute approximate surface area is 134 Å². The van der Waals surface area contributed by atoms with E-state index in [2.05, 4.69) is 4.98 Å². The van der Waals surface area contributed by atoms with Crippen LogP contribution in [0.25, 0.3) is 10.8 Å². The lowest BCUT2D eigenvalue weighted by Crippen LogP contribution is -2.21. The molecule has 2 aromatic heterocycles. The lowest BCUT2D eigenvalue weighted by atomic mass is 10.1. The van der Waals surface area contributed by atoms with Gasteiger partial charge in [-0.15, -0.1) is 0 Å². The normalized spacial score (nSPS) is 10.8. The third-order valence-electron chi connectivity index (χ3n) is 3.62. The summed E-state index contributed by atoms with van der Waals surface area (Å²) in [6, 6.07) is 13.1. The van der Waals surface area contributed by atoms with Crippen molar-refractivity contribution in [3.05, 3.63) is 70.9 Å². The summed E-state index contributed by atoms with van der Waals surface area (Å²) < 4.78 is 12.5. The van der Waals surface area contributed by atoms with Gasteiger partial charge in [0, 0.05) is 31.4 Å². The molecule has 0 saturated heterocycles. The number of benzene rings is 1. The average Bonchev–Trinajstić information content (AvgIpc) is 2.60. The Kier molecular flexibility index (Phi) is 4.68. The third-order valence-corrected chi connectivity index (χ3v) is 3.62. The van der Waals surface area contributed by atoms with Gasteiger partial charge in [-0.3, -0.25) is 9.78 Å². The van der Waals surface area contributed by atoms with Crippen molar-refractivity contribution in [2.45, 2.75) is 13.2 Å². The zero-order valence-electron chi connectivity index (χ0n) is 12.9. The highest BCUT2D eigenvalue weighted by molar-refractivity contribution is 5.87. The molecule has 118 valence electrons. The molecular weight excluding hydrogens is 292 g/mol. The number of ether oxygens (including phenoxy) is 2. The summed E-state index contributed by atoms with van der Waals surface area (Å²) in [6.45, 7) is 1.40. The zero-order valence-corrected chi connectivity index (χ0v) is 12.9. The molecule has 0 bridgehead atoms. The van der Waals surface area contributed by atoms with Gasteiger partial charge in [-0.25, -0.2) is 0 Å². The van der Waals surface area contributed by atoms with E-state index in [4.69, 9.17) is 9.47 Å². The second-order valence-electron chi connectivity index (χ2n) is 5.13. The molecule has 23 heavy (non-hydrogen) atoms. The van der Waals surface area contributed by atoms with Crippen LogP contribution in [0, 0.1) is 0 Å². The molecular formula is C18H18N2O3. The first-order valence-corrected chi connectivity index (χ1v) is 7.43. The van der Waals surface area contributed by atoms with Crippen molar-refractivity contribution in [2.75, 3.05) is 13.7 Å². The molecule has 5 heteroatoms. The molecule has 0 unspecified atom stereocenters. The Hall–Kier alpha value is -2.66. The van der Waals surface area contributed by atoms with Gasteiger partial charge in [0.15, 0.2) is 0 Å². The first kappa shape index (κ1) is 15.2. The molecule has 0 N–H and O–H groups in total. The van der Waals surface area contributed by atoms with Crippen LogP contribution >= 0.6 is 0 Å². The predicted molar refractivity (Wildman–Crippen MR) is 88.7 cm³/mol. The highest BCUT2D eigenvalue weighted by Gasteiger charge is 2.08. The van der Waals surface area contributed by atoms with Crippen LogP contribution in [-0.4, -0.2) is 23.3 Å². The molecule has 0 spiro atoms. The van der Waals surface area contributed by atoms with Crippen LogP contribution in [-0.2, 0) is 17.9 Å². The van der Waals surface area contributed by atoms with Crippen LogP contribution in [0.4, 0.5) is 0 Å². The van der Waals surface area contributed by atoms with Crippen molar-refractivity contribution in [1.29, 1.82) is 0 Å². The summed E-state index contributed by atoms with van der Waals surface area (Å²) in [5.74, 6) is 0.684. The van der Waals surface area contributed by atoms with Crippen molar-refractivity contribution < 1.29 is 9.47 Å². The molecule has 0 saturated carbocycles. The van der Waals surface area contributed by atoms with Crippen LogP contribution in [0.15, 0.2) is 59.7 Å². The van der Waals surface area contributed by atoms with Crippen LogP contribution in [0.1, 0.15) is 5.69 Å². The lowest BCUT2D eigenvalue weighted by Gasteiger charge is -2.11. The van der Waals surface area contributed by atoms with Crippen LogP contribution in [0.3, 0.4) is 0 Å². The summed E-state index contributed by atoms with van der Waals surface area (Å²) in [6.07, 6.45) is 3.51. The van der Waals surface area contributed by atoms with E-state index in [1.807, 2.05) is 42.5 Å². The van der Waals surface area contributed by atoms with Gasteiger partial charge in [-0.1, -0.05) is 12.1 Å². The molecule has 0 aliphatic carbocycles. The van der Waals surface area contributed by atoms with Gasteiger partial charge in [0.2, 0.25) is 0 Å². The highest BCUT2D eigenvalue weighted by Crippen LogP contribution is 2.23. The minimum atomic E-state index is -0.0390. The fourth-order valence-electron chi connectivity index (χ4n) is 2.42. The van der Waals surface area contributed by atoms with Crippen molar-refractivity contribution in [3.8, 4) is 5.75 Å². The van der Waals surface area contributed by atoms with Gasteiger partial charge in [0.05, 0.1) is 17.7 Å². The number of pyridine rings is 2. The van der Waals surface area contributed by atoms with E-state index in [9.17, 15) is 4.79 Å². The Bertz CT molecular complexity index is 844. The van der Waals surface area contributed by atoms with Crippen molar-refractivity contribution in [2.24, 2.45) is 0 Å². The summed E-state index contributed by atoms with van der Waals surface area (Å²) in [5, 5.41) is 1.45. The van der Waals surface area contributed by atoms with Gasteiger partial charge in [-0.2, -0.15) is 0 Å². The number of nitrogens with zero attached hydrogens (tertiary/aromatic N) is 2. The van der Waals surface area contributed by atoms with Gasteiger partial charge >= 0.3 is 0 Å². The Balaban J connectivity index is 1.90. The maximum absolute atomic E-state index is 12.5. The molecule has 0 fully saturated rings. The Morgan fingerprint density at radius 3 is 2.78 bits per heavy atom. The van der Waals surface area contributed by atoms with Crippen molar-refractivity contribution in [1.82, 2.24) is 9.55 Å². The minimum absolute atomic E-state index is 0.0390. The van der Waals surface area contributed by atoms with E-state index in [0.29, 0.717) is 30.9 Å². The molecule has 0 aliphatic heterocycles. The largest absolute Gasteiger partial charge is 0.487 e. The Morgan fingerprint density at radius 2 is 2.00 bits per heavy atom. The molecule has 2 heterocycles. The first-order chi connectivity index (χ1) is 11.3. The summed E-state index contributed by atoms with van der Waals surface area (Å²) in [7, 11) is 1.62. The number of methoxy groups -OCH3 is 1. The molecule has 0 aliphatic rings. The smallest absolute Gasteiger partial charge is 0.258 e. The number of rotatable bonds is 6. The van der Waals surface area contributed by atoms with E-state index in [0.717, 1.165) is 11.1 Å². The lowest BCUT2D eigenvalue weighted by molar-refractivity contribution is 0.186. The fourth-order valence-corrected chi connectivity index (χ4v) is 2.42. The summed E-state index contributed by atoms with van der Waals surface area (Å²) >= 11 is 0. The van der Waals surface area contributed by atoms with Gasteiger partial charge in [-0.05, 0) is 30.3 Å². The van der Waals surface area contributed by atoms with Crippen molar-refractivity contribution in [3.63, 3.8) is 0 Å². The first-order valence-electron chi connectivity index (χ1n) is 7.43. The standard InChI is InChI=1S/C18H18N2O3/c1-22-12-11-20-10-8-15-16(18(20)21)6-4-7-17(15)23-13-14-5-2-3-9-19-14/h2-10H,11-13H2,1H3. The molecule has 1 aromatic carbocycles. The van der Waals surface area contributed by atoms with Gasteiger partial charge in [0.1, 0.15) is 12.4 Å². The van der Waals surface area contributed by atoms with E-state index < -0.39 is 0 Å². The SMILES string of the molecule is COCCn1ccc2c(OCc3ccccn3)cccc2c1=O. The van der Waals surface area contributed by atoms with Crippen LogP contribution in [0.5, 0.6) is 5.75 Å². The summed E-state index contributed by atoms with van der Waals surface area (Å²) in [4.78, 5) is 16.7. The fraction of sp³-hybridized carbons (Fsp3) is 0.222. The number of hydrogen-bond acceptors (Lipinski definition) is 4. The molecule has 3 aromatic rings. The van der Waals surface area contributed by atoms with Crippen molar-refractivity contribution >= 4 is 10.8 Å². The molecule has 0 radical (unpaired) electrons. The van der Waals surface area contributed by atoms with Gasteiger partial charge < -0.3 is 14.0 Å². The third kappa shape index (κ3) is 3.40. The van der Waals surface area contributed by atoms with E-state index in [1.54, 1.807) is 24.1 Å². The monoisotopic (exact) mass is 310 g/mol. The molecule has 0 atom stereocenters. The number of hydrogen-bond donors (Lipinski definition) is 0. The second-order valence-corrected chi connectivity index (χ2v) is 5.13. The average molecular weight is 310 g/mol.